The molecule has 166 valence electrons. The van der Waals surface area contributed by atoms with Gasteiger partial charge in [-0.1, -0.05) is 60.1 Å². The van der Waals surface area contributed by atoms with Crippen LogP contribution in [0.5, 0.6) is 0 Å². The van der Waals surface area contributed by atoms with Crippen LogP contribution in [0.4, 0.5) is 5.69 Å². The van der Waals surface area contributed by atoms with Crippen molar-refractivity contribution in [1.29, 1.82) is 0 Å². The van der Waals surface area contributed by atoms with Gasteiger partial charge in [0.1, 0.15) is 0 Å². The predicted molar refractivity (Wildman–Crippen MR) is 133 cm³/mol. The van der Waals surface area contributed by atoms with Gasteiger partial charge in [-0.2, -0.15) is 5.10 Å². The molecule has 0 atom stereocenters. The smallest absolute Gasteiger partial charge is 0.256 e. The number of para-hydroxylation sites is 1. The third-order valence-corrected chi connectivity index (χ3v) is 5.71. The molecule has 0 radical (unpaired) electrons. The minimum Gasteiger partial charge on any atom is -0.321 e. The van der Waals surface area contributed by atoms with Crippen LogP contribution >= 0.6 is 11.6 Å². The highest BCUT2D eigenvalue weighted by atomic mass is 35.5. The summed E-state index contributed by atoms with van der Waals surface area (Å²) in [6, 6.07) is 22.9. The lowest BCUT2D eigenvalue weighted by Crippen LogP contribution is -2.16. The first-order valence-corrected chi connectivity index (χ1v) is 11.0. The standard InChI is InChI=1S/C27H19ClN4O2/c1-32-16-18(15-29-32)25-14-21(20-9-5-6-10-23(20)30-25)27(34)31-24-12-11-19(28)13-22(24)26(33)17-7-3-2-4-8-17/h2-16H,1H3,(H,31,34). The molecule has 5 rings (SSSR count). The minimum absolute atomic E-state index is 0.228. The molecule has 5 aromatic rings. The van der Waals surface area contributed by atoms with Crippen LogP contribution in [0.2, 0.25) is 5.02 Å². The zero-order chi connectivity index (χ0) is 23.7. The second-order valence-electron chi connectivity index (χ2n) is 7.81. The topological polar surface area (TPSA) is 76.9 Å². The highest BCUT2D eigenvalue weighted by Gasteiger charge is 2.19. The molecule has 34 heavy (non-hydrogen) atoms. The first kappa shape index (κ1) is 21.6. The molecule has 7 heteroatoms. The van der Waals surface area contributed by atoms with Gasteiger partial charge in [0, 0.05) is 40.3 Å². The number of amides is 1. The van der Waals surface area contributed by atoms with Crippen LogP contribution in [-0.2, 0) is 7.05 Å². The van der Waals surface area contributed by atoms with Crippen LogP contribution in [0.3, 0.4) is 0 Å². The zero-order valence-corrected chi connectivity index (χ0v) is 19.0. The number of hydrogen-bond acceptors (Lipinski definition) is 4. The van der Waals surface area contributed by atoms with E-state index in [4.69, 9.17) is 16.6 Å². The Morgan fingerprint density at radius 2 is 1.68 bits per heavy atom. The number of pyridine rings is 1. The lowest BCUT2D eigenvalue weighted by Gasteiger charge is -2.13. The maximum absolute atomic E-state index is 13.5. The third kappa shape index (κ3) is 4.19. The number of ketones is 1. The summed E-state index contributed by atoms with van der Waals surface area (Å²) in [6.45, 7) is 0. The summed E-state index contributed by atoms with van der Waals surface area (Å²) in [5.74, 6) is -0.581. The molecule has 0 saturated heterocycles. The Balaban J connectivity index is 1.57. The predicted octanol–water partition coefficient (Wildman–Crippen LogP) is 5.77. The van der Waals surface area contributed by atoms with Crippen LogP contribution < -0.4 is 5.32 Å². The fourth-order valence-electron chi connectivity index (χ4n) is 3.81. The molecular formula is C27H19ClN4O2. The zero-order valence-electron chi connectivity index (χ0n) is 18.2. The Hall–Kier alpha value is -4.29. The summed E-state index contributed by atoms with van der Waals surface area (Å²) in [5, 5.41) is 8.24. The van der Waals surface area contributed by atoms with Gasteiger partial charge in [-0.15, -0.1) is 0 Å². The Morgan fingerprint density at radius 3 is 2.44 bits per heavy atom. The molecule has 2 heterocycles. The summed E-state index contributed by atoms with van der Waals surface area (Å²) in [5.41, 5.74) is 3.77. The van der Waals surface area contributed by atoms with Crippen LogP contribution in [0.25, 0.3) is 22.2 Å². The van der Waals surface area contributed by atoms with E-state index in [1.54, 1.807) is 59.4 Å². The van der Waals surface area contributed by atoms with E-state index in [0.29, 0.717) is 44.0 Å². The summed E-state index contributed by atoms with van der Waals surface area (Å²) in [7, 11) is 1.82. The molecule has 2 aromatic heterocycles. The monoisotopic (exact) mass is 466 g/mol. The Morgan fingerprint density at radius 1 is 0.912 bits per heavy atom. The summed E-state index contributed by atoms with van der Waals surface area (Å²) in [6.07, 6.45) is 3.54. The lowest BCUT2D eigenvalue weighted by atomic mass is 10.0. The van der Waals surface area contributed by atoms with Gasteiger partial charge in [-0.05, 0) is 30.3 Å². The van der Waals surface area contributed by atoms with Gasteiger partial charge in [-0.25, -0.2) is 4.98 Å². The van der Waals surface area contributed by atoms with Crippen molar-refractivity contribution >= 4 is 39.9 Å². The number of nitrogens with zero attached hydrogens (tertiary/aromatic N) is 3. The van der Waals surface area contributed by atoms with E-state index < -0.39 is 0 Å². The van der Waals surface area contributed by atoms with E-state index in [1.165, 1.54) is 0 Å². The van der Waals surface area contributed by atoms with Gasteiger partial charge in [0.2, 0.25) is 0 Å². The molecule has 0 aliphatic carbocycles. The highest BCUT2D eigenvalue weighted by Crippen LogP contribution is 2.28. The van der Waals surface area contributed by atoms with Crippen LogP contribution in [0.1, 0.15) is 26.3 Å². The van der Waals surface area contributed by atoms with E-state index in [2.05, 4.69) is 10.4 Å². The van der Waals surface area contributed by atoms with E-state index in [-0.39, 0.29) is 11.7 Å². The Kier molecular flexibility index (Phi) is 5.65. The van der Waals surface area contributed by atoms with Crippen molar-refractivity contribution in [1.82, 2.24) is 14.8 Å². The Bertz CT molecular complexity index is 1540. The van der Waals surface area contributed by atoms with Crippen molar-refractivity contribution in [3.63, 3.8) is 0 Å². The second-order valence-corrected chi connectivity index (χ2v) is 8.25. The number of aromatic nitrogens is 3. The average Bonchev–Trinajstić information content (AvgIpc) is 3.30. The number of carbonyl (C=O) groups excluding carboxylic acids is 2. The SMILES string of the molecule is Cn1cc(-c2cc(C(=O)Nc3ccc(Cl)cc3C(=O)c3ccccc3)c3ccccc3n2)cn1. The van der Waals surface area contributed by atoms with Gasteiger partial charge in [0.25, 0.3) is 5.91 Å². The van der Waals surface area contributed by atoms with Crippen LogP contribution in [0.15, 0.2) is 91.3 Å². The molecule has 0 aliphatic heterocycles. The van der Waals surface area contributed by atoms with Crippen molar-refractivity contribution in [2.24, 2.45) is 7.05 Å². The highest BCUT2D eigenvalue weighted by molar-refractivity contribution is 6.31. The molecule has 0 aliphatic rings. The van der Waals surface area contributed by atoms with Gasteiger partial charge in [0.15, 0.2) is 5.78 Å². The molecule has 1 amide bonds. The molecule has 0 unspecified atom stereocenters. The summed E-state index contributed by atoms with van der Waals surface area (Å²) in [4.78, 5) is 31.4. The van der Waals surface area contributed by atoms with Gasteiger partial charge >= 0.3 is 0 Å². The van der Waals surface area contributed by atoms with Gasteiger partial charge in [-0.3, -0.25) is 14.3 Å². The molecule has 1 N–H and O–H groups in total. The summed E-state index contributed by atoms with van der Waals surface area (Å²) < 4.78 is 1.68. The normalized spacial score (nSPS) is 10.9. The second kappa shape index (κ2) is 8.92. The van der Waals surface area contributed by atoms with E-state index in [1.807, 2.05) is 43.6 Å². The van der Waals surface area contributed by atoms with Crippen LogP contribution in [0, 0.1) is 0 Å². The van der Waals surface area contributed by atoms with Crippen molar-refractivity contribution < 1.29 is 9.59 Å². The number of fused-ring (bicyclic) bond motifs is 1. The van der Waals surface area contributed by atoms with Gasteiger partial charge < -0.3 is 5.32 Å². The molecule has 0 fully saturated rings. The van der Waals surface area contributed by atoms with Crippen LogP contribution in [-0.4, -0.2) is 26.5 Å². The average molecular weight is 467 g/mol. The molecular weight excluding hydrogens is 448 g/mol. The van der Waals surface area contributed by atoms with E-state index in [0.717, 1.165) is 5.56 Å². The number of carbonyl (C=O) groups is 2. The van der Waals surface area contributed by atoms with Crippen molar-refractivity contribution in [3.8, 4) is 11.3 Å². The number of rotatable bonds is 5. The van der Waals surface area contributed by atoms with Crippen molar-refractivity contribution in [3.05, 3.63) is 113 Å². The summed E-state index contributed by atoms with van der Waals surface area (Å²) >= 11 is 6.19. The molecule has 3 aromatic carbocycles. The fraction of sp³-hybridized carbons (Fsp3) is 0.0370. The molecule has 6 nitrogen and oxygen atoms in total. The first-order chi connectivity index (χ1) is 16.5. The maximum atomic E-state index is 13.5. The number of halogens is 1. The largest absolute Gasteiger partial charge is 0.321 e. The Labute approximate surface area is 200 Å². The third-order valence-electron chi connectivity index (χ3n) is 5.47. The first-order valence-electron chi connectivity index (χ1n) is 10.6. The number of aryl methyl sites for hydroxylation is 1. The van der Waals surface area contributed by atoms with E-state index >= 15 is 0 Å². The molecule has 0 bridgehead atoms. The van der Waals surface area contributed by atoms with Gasteiger partial charge in [0.05, 0.1) is 28.7 Å². The van der Waals surface area contributed by atoms with Crippen molar-refractivity contribution in [2.45, 2.75) is 0 Å². The van der Waals surface area contributed by atoms with E-state index in [9.17, 15) is 9.59 Å². The lowest BCUT2D eigenvalue weighted by molar-refractivity contribution is 0.102. The number of benzene rings is 3. The fourth-order valence-corrected chi connectivity index (χ4v) is 3.98. The minimum atomic E-state index is -0.354. The molecule has 0 saturated carbocycles. The maximum Gasteiger partial charge on any atom is 0.256 e. The number of nitrogens with one attached hydrogen (secondary N) is 1. The quantitative estimate of drug-likeness (QED) is 0.333. The number of anilines is 1. The van der Waals surface area contributed by atoms with Crippen molar-refractivity contribution in [2.75, 3.05) is 5.32 Å². The molecule has 0 spiro atoms. The number of hydrogen-bond donors (Lipinski definition) is 1.